The molecule has 1 amide bonds. The molecule has 0 radical (unpaired) electrons. The Balaban J connectivity index is 1.60. The second-order valence-electron chi connectivity index (χ2n) is 7.08. The fourth-order valence-electron chi connectivity index (χ4n) is 2.94. The van der Waals surface area contributed by atoms with E-state index in [-0.39, 0.29) is 11.9 Å². The summed E-state index contributed by atoms with van der Waals surface area (Å²) in [7, 11) is 0. The summed E-state index contributed by atoms with van der Waals surface area (Å²) in [4.78, 5) is 34.4. The summed E-state index contributed by atoms with van der Waals surface area (Å²) < 4.78 is 5.62. The molecule has 6 nitrogen and oxygen atoms in total. The number of benzene rings is 2. The van der Waals surface area contributed by atoms with Crippen LogP contribution in [-0.4, -0.2) is 27.9 Å². The molecular weight excluding hydrogens is 354 g/mol. The Kier molecular flexibility index (Phi) is 4.77. The number of hydrogen-bond donors (Lipinski definition) is 1. The van der Waals surface area contributed by atoms with Gasteiger partial charge in [0.05, 0.1) is 28.0 Å². The van der Waals surface area contributed by atoms with E-state index in [4.69, 9.17) is 4.74 Å². The predicted octanol–water partition coefficient (Wildman–Crippen LogP) is 3.42. The quantitative estimate of drug-likeness (QED) is 0.691. The summed E-state index contributed by atoms with van der Waals surface area (Å²) in [5.74, 6) is -0.865. The van der Waals surface area contributed by atoms with Crippen molar-refractivity contribution < 1.29 is 14.3 Å². The van der Waals surface area contributed by atoms with Crippen LogP contribution in [0.1, 0.15) is 46.3 Å². The number of hydrogen-bond acceptors (Lipinski definition) is 5. The van der Waals surface area contributed by atoms with E-state index in [0.29, 0.717) is 22.2 Å². The molecule has 0 spiro atoms. The van der Waals surface area contributed by atoms with Gasteiger partial charge in [-0.2, -0.15) is 0 Å². The molecule has 1 heterocycles. The smallest absolute Gasteiger partial charge is 0.339 e. The minimum absolute atomic E-state index is 0.180. The number of aryl methyl sites for hydroxylation is 2. The third-order valence-electron chi connectivity index (χ3n) is 4.80. The number of carbonyl (C=O) groups is 2. The zero-order chi connectivity index (χ0) is 19.7. The Hall–Kier alpha value is -3.28. The summed E-state index contributed by atoms with van der Waals surface area (Å²) in [5, 5.41) is 2.91. The van der Waals surface area contributed by atoms with Gasteiger partial charge in [0, 0.05) is 11.6 Å². The monoisotopic (exact) mass is 375 g/mol. The molecule has 0 unspecified atom stereocenters. The average molecular weight is 375 g/mol. The first-order chi connectivity index (χ1) is 13.5. The third kappa shape index (κ3) is 3.86. The van der Waals surface area contributed by atoms with Crippen molar-refractivity contribution in [1.82, 2.24) is 15.3 Å². The van der Waals surface area contributed by atoms with Gasteiger partial charge >= 0.3 is 5.97 Å². The number of rotatable bonds is 5. The van der Waals surface area contributed by atoms with Crippen LogP contribution in [0.2, 0.25) is 0 Å². The molecule has 1 aliphatic carbocycles. The van der Waals surface area contributed by atoms with Crippen LogP contribution in [0.3, 0.4) is 0 Å². The molecule has 0 saturated heterocycles. The highest BCUT2D eigenvalue weighted by Gasteiger charge is 2.31. The maximum absolute atomic E-state index is 12.8. The van der Waals surface area contributed by atoms with Gasteiger partial charge in [-0.15, -0.1) is 0 Å². The molecule has 1 N–H and O–H groups in total. The fraction of sp³-hybridized carbons (Fsp3) is 0.273. The Labute approximate surface area is 163 Å². The second-order valence-corrected chi connectivity index (χ2v) is 7.08. The van der Waals surface area contributed by atoms with Gasteiger partial charge in [-0.05, 0) is 44.9 Å². The Morgan fingerprint density at radius 2 is 1.68 bits per heavy atom. The lowest BCUT2D eigenvalue weighted by molar-refractivity contribution is -0.130. The van der Waals surface area contributed by atoms with Crippen molar-refractivity contribution in [2.45, 2.75) is 38.8 Å². The Bertz CT molecular complexity index is 1050. The number of nitrogens with zero attached hydrogens (tertiary/aromatic N) is 2. The lowest BCUT2D eigenvalue weighted by atomic mass is 10.1. The van der Waals surface area contributed by atoms with E-state index in [9.17, 15) is 9.59 Å². The van der Waals surface area contributed by atoms with Crippen LogP contribution >= 0.6 is 0 Å². The van der Waals surface area contributed by atoms with Crippen LogP contribution in [-0.2, 0) is 9.53 Å². The van der Waals surface area contributed by atoms with Gasteiger partial charge in [-0.25, -0.2) is 14.8 Å². The molecule has 1 saturated carbocycles. The molecule has 6 heteroatoms. The van der Waals surface area contributed by atoms with E-state index in [1.165, 1.54) is 0 Å². The lowest BCUT2D eigenvalue weighted by Crippen LogP contribution is -2.33. The molecule has 28 heavy (non-hydrogen) atoms. The molecule has 1 aromatic heterocycles. The van der Waals surface area contributed by atoms with Crippen LogP contribution in [0.25, 0.3) is 11.0 Å². The minimum Gasteiger partial charge on any atom is -0.444 e. The minimum atomic E-state index is -0.990. The second kappa shape index (κ2) is 7.38. The zero-order valence-corrected chi connectivity index (χ0v) is 15.8. The predicted molar refractivity (Wildman–Crippen MR) is 105 cm³/mol. The SMILES string of the molecule is Cc1nc2ccc(C(=O)O[C@H](C(=O)NC3CC3)c3ccccc3)cc2nc1C. The van der Waals surface area contributed by atoms with Crippen molar-refractivity contribution in [3.05, 3.63) is 71.0 Å². The van der Waals surface area contributed by atoms with Gasteiger partial charge in [0.2, 0.25) is 6.10 Å². The van der Waals surface area contributed by atoms with E-state index >= 15 is 0 Å². The number of carbonyl (C=O) groups excluding carboxylic acids is 2. The molecule has 4 rings (SSSR count). The number of nitrogens with one attached hydrogen (secondary N) is 1. The topological polar surface area (TPSA) is 81.2 Å². The van der Waals surface area contributed by atoms with Gasteiger partial charge in [0.1, 0.15) is 0 Å². The van der Waals surface area contributed by atoms with Crippen LogP contribution in [0.15, 0.2) is 48.5 Å². The van der Waals surface area contributed by atoms with Crippen LogP contribution in [0, 0.1) is 13.8 Å². The first-order valence-corrected chi connectivity index (χ1v) is 9.32. The Morgan fingerprint density at radius 1 is 1.00 bits per heavy atom. The molecule has 1 fully saturated rings. The molecule has 1 aliphatic rings. The van der Waals surface area contributed by atoms with E-state index in [2.05, 4.69) is 15.3 Å². The zero-order valence-electron chi connectivity index (χ0n) is 15.8. The first kappa shape index (κ1) is 18.1. The maximum Gasteiger partial charge on any atom is 0.339 e. The third-order valence-corrected chi connectivity index (χ3v) is 4.80. The molecule has 0 bridgehead atoms. The summed E-state index contributed by atoms with van der Waals surface area (Å²) in [6.07, 6.45) is 0.933. The van der Waals surface area contributed by atoms with Gasteiger partial charge in [-0.1, -0.05) is 30.3 Å². The lowest BCUT2D eigenvalue weighted by Gasteiger charge is -2.18. The van der Waals surface area contributed by atoms with Crippen molar-refractivity contribution in [2.75, 3.05) is 0 Å². The summed E-state index contributed by atoms with van der Waals surface area (Å²) in [6.45, 7) is 3.77. The molecule has 1 atom stereocenters. The van der Waals surface area contributed by atoms with Gasteiger partial charge in [-0.3, -0.25) is 4.79 Å². The highest BCUT2D eigenvalue weighted by Crippen LogP contribution is 2.24. The normalized spacial score (nSPS) is 14.5. The van der Waals surface area contributed by atoms with Gasteiger partial charge < -0.3 is 10.1 Å². The molecule has 142 valence electrons. The number of fused-ring (bicyclic) bond motifs is 1. The maximum atomic E-state index is 12.8. The molecule has 2 aromatic carbocycles. The summed E-state index contributed by atoms with van der Waals surface area (Å²) in [5.41, 5.74) is 3.97. The average Bonchev–Trinajstić information content (AvgIpc) is 3.51. The van der Waals surface area contributed by atoms with E-state index < -0.39 is 12.1 Å². The van der Waals surface area contributed by atoms with Crippen molar-refractivity contribution in [2.24, 2.45) is 0 Å². The van der Waals surface area contributed by atoms with Gasteiger partial charge in [0.15, 0.2) is 0 Å². The van der Waals surface area contributed by atoms with Crippen LogP contribution < -0.4 is 5.32 Å². The largest absolute Gasteiger partial charge is 0.444 e. The first-order valence-electron chi connectivity index (χ1n) is 9.32. The van der Waals surface area contributed by atoms with Crippen molar-refractivity contribution in [3.8, 4) is 0 Å². The fourth-order valence-corrected chi connectivity index (χ4v) is 2.94. The van der Waals surface area contributed by atoms with Crippen molar-refractivity contribution >= 4 is 22.9 Å². The summed E-state index contributed by atoms with van der Waals surface area (Å²) in [6, 6.07) is 14.3. The highest BCUT2D eigenvalue weighted by atomic mass is 16.5. The van der Waals surface area contributed by atoms with E-state index in [1.807, 2.05) is 32.0 Å². The van der Waals surface area contributed by atoms with Crippen LogP contribution in [0.5, 0.6) is 0 Å². The van der Waals surface area contributed by atoms with E-state index in [0.717, 1.165) is 24.2 Å². The van der Waals surface area contributed by atoms with Crippen molar-refractivity contribution in [1.29, 1.82) is 0 Å². The number of aromatic nitrogens is 2. The highest BCUT2D eigenvalue weighted by molar-refractivity contribution is 5.95. The Morgan fingerprint density at radius 3 is 2.36 bits per heavy atom. The number of ether oxygens (including phenoxy) is 1. The summed E-state index contributed by atoms with van der Waals surface area (Å²) >= 11 is 0. The molecule has 0 aliphatic heterocycles. The number of amides is 1. The van der Waals surface area contributed by atoms with E-state index in [1.54, 1.807) is 30.3 Å². The number of esters is 1. The van der Waals surface area contributed by atoms with Crippen molar-refractivity contribution in [3.63, 3.8) is 0 Å². The van der Waals surface area contributed by atoms with Gasteiger partial charge in [0.25, 0.3) is 5.91 Å². The van der Waals surface area contributed by atoms with Crippen LogP contribution in [0.4, 0.5) is 0 Å². The molecule has 3 aromatic rings. The molecular formula is C22H21N3O3. The standard InChI is InChI=1S/C22H21N3O3/c1-13-14(2)24-19-12-16(8-11-18(19)23-13)22(27)28-20(15-6-4-3-5-7-15)21(26)25-17-9-10-17/h3-8,11-12,17,20H,9-10H2,1-2H3,(H,25,26)/t20-/m0/s1.